The van der Waals surface area contributed by atoms with Gasteiger partial charge >= 0.3 is 0 Å². The SMILES string of the molecule is COCCn1c(=NC(=O)c2ccc(Cl)cc2Cl)sc2cc(S(C)(=O)=O)ccc21. The van der Waals surface area contributed by atoms with Gasteiger partial charge in [-0.15, -0.1) is 0 Å². The molecule has 0 saturated heterocycles. The summed E-state index contributed by atoms with van der Waals surface area (Å²) in [5.41, 5.74) is 1.00. The average Bonchev–Trinajstić information content (AvgIpc) is 2.95. The Morgan fingerprint density at radius 1 is 1.21 bits per heavy atom. The van der Waals surface area contributed by atoms with Crippen molar-refractivity contribution >= 4 is 60.5 Å². The maximum atomic E-state index is 12.6. The van der Waals surface area contributed by atoms with Crippen molar-refractivity contribution < 1.29 is 17.9 Å². The molecule has 0 radical (unpaired) electrons. The number of halogens is 2. The average molecular weight is 459 g/mol. The van der Waals surface area contributed by atoms with E-state index in [2.05, 4.69) is 4.99 Å². The van der Waals surface area contributed by atoms with Gasteiger partial charge in [-0.2, -0.15) is 4.99 Å². The Balaban J connectivity index is 2.17. The van der Waals surface area contributed by atoms with Crippen molar-refractivity contribution in [1.82, 2.24) is 4.57 Å². The molecule has 0 saturated carbocycles. The van der Waals surface area contributed by atoms with Crippen LogP contribution in [-0.4, -0.2) is 38.9 Å². The Kier molecular flexibility index (Phi) is 6.26. The Morgan fingerprint density at radius 2 is 1.96 bits per heavy atom. The third-order valence-electron chi connectivity index (χ3n) is 3.96. The fraction of sp³-hybridized carbons (Fsp3) is 0.222. The van der Waals surface area contributed by atoms with Gasteiger partial charge in [0.2, 0.25) is 0 Å². The van der Waals surface area contributed by atoms with Gasteiger partial charge in [0.1, 0.15) is 0 Å². The molecule has 0 fully saturated rings. The van der Waals surface area contributed by atoms with Gasteiger partial charge in [0.05, 0.1) is 32.3 Å². The Bertz CT molecular complexity index is 1230. The molecule has 148 valence electrons. The van der Waals surface area contributed by atoms with E-state index in [0.717, 1.165) is 11.8 Å². The Hall–Kier alpha value is -1.71. The molecular weight excluding hydrogens is 443 g/mol. The summed E-state index contributed by atoms with van der Waals surface area (Å²) in [5.74, 6) is -0.511. The molecule has 28 heavy (non-hydrogen) atoms. The lowest BCUT2D eigenvalue weighted by molar-refractivity contribution is 0.0997. The molecule has 6 nitrogen and oxygen atoms in total. The van der Waals surface area contributed by atoms with E-state index < -0.39 is 15.7 Å². The zero-order valence-corrected chi connectivity index (χ0v) is 18.1. The van der Waals surface area contributed by atoms with Crippen molar-refractivity contribution in [2.45, 2.75) is 11.4 Å². The van der Waals surface area contributed by atoms with Crippen LogP contribution >= 0.6 is 34.5 Å². The number of nitrogens with zero attached hydrogens (tertiary/aromatic N) is 2. The number of methoxy groups -OCH3 is 1. The first-order valence-corrected chi connectivity index (χ1v) is 11.5. The van der Waals surface area contributed by atoms with E-state index in [0.29, 0.717) is 27.7 Å². The van der Waals surface area contributed by atoms with E-state index >= 15 is 0 Å². The molecule has 3 rings (SSSR count). The van der Waals surface area contributed by atoms with Crippen molar-refractivity contribution in [2.75, 3.05) is 20.0 Å². The number of fused-ring (bicyclic) bond motifs is 1. The van der Waals surface area contributed by atoms with Crippen LogP contribution in [-0.2, 0) is 21.1 Å². The van der Waals surface area contributed by atoms with Gasteiger partial charge < -0.3 is 9.30 Å². The van der Waals surface area contributed by atoms with Crippen molar-refractivity contribution in [3.05, 3.63) is 56.8 Å². The van der Waals surface area contributed by atoms with E-state index in [1.165, 1.54) is 29.5 Å². The molecule has 0 spiro atoms. The highest BCUT2D eigenvalue weighted by Crippen LogP contribution is 2.23. The standard InChI is InChI=1S/C18H16Cl2N2O4S2/c1-26-8-7-22-15-6-4-12(28(2,24)25)10-16(15)27-18(22)21-17(23)13-5-3-11(19)9-14(13)20/h3-6,9-10H,7-8H2,1-2H3. The van der Waals surface area contributed by atoms with Crippen LogP contribution < -0.4 is 4.80 Å². The van der Waals surface area contributed by atoms with Crippen LogP contribution in [0.1, 0.15) is 10.4 Å². The van der Waals surface area contributed by atoms with Crippen LogP contribution in [0.2, 0.25) is 10.0 Å². The number of ether oxygens (including phenoxy) is 1. The summed E-state index contributed by atoms with van der Waals surface area (Å²) >= 11 is 13.2. The van der Waals surface area contributed by atoms with Gasteiger partial charge in [-0.1, -0.05) is 34.5 Å². The third-order valence-corrected chi connectivity index (χ3v) is 6.66. The second-order valence-electron chi connectivity index (χ2n) is 5.97. The molecule has 0 N–H and O–H groups in total. The molecule has 0 aliphatic carbocycles. The summed E-state index contributed by atoms with van der Waals surface area (Å²) in [6, 6.07) is 9.39. The van der Waals surface area contributed by atoms with Crippen molar-refractivity contribution in [3.63, 3.8) is 0 Å². The van der Waals surface area contributed by atoms with Gasteiger partial charge in [0, 0.05) is 24.9 Å². The summed E-state index contributed by atoms with van der Waals surface area (Å²) < 4.78 is 31.3. The minimum atomic E-state index is -3.35. The number of carbonyl (C=O) groups is 1. The Labute approximate surface area is 175 Å². The minimum absolute atomic E-state index is 0.207. The normalized spacial score (nSPS) is 12.6. The second kappa shape index (κ2) is 8.34. The molecule has 3 aromatic rings. The number of aromatic nitrogens is 1. The van der Waals surface area contributed by atoms with Crippen molar-refractivity contribution in [1.29, 1.82) is 0 Å². The molecule has 0 aliphatic rings. The first-order chi connectivity index (χ1) is 13.2. The maximum absolute atomic E-state index is 12.6. The molecule has 2 aromatic carbocycles. The molecule has 0 aliphatic heterocycles. The smallest absolute Gasteiger partial charge is 0.281 e. The topological polar surface area (TPSA) is 77.7 Å². The number of rotatable bonds is 5. The molecule has 1 aromatic heterocycles. The summed E-state index contributed by atoms with van der Waals surface area (Å²) in [5, 5.41) is 0.636. The predicted octanol–water partition coefficient (Wildman–Crippen LogP) is 3.80. The van der Waals surface area contributed by atoms with E-state index in [-0.39, 0.29) is 15.5 Å². The van der Waals surface area contributed by atoms with Crippen LogP contribution in [0.5, 0.6) is 0 Å². The van der Waals surface area contributed by atoms with E-state index in [9.17, 15) is 13.2 Å². The minimum Gasteiger partial charge on any atom is -0.383 e. The van der Waals surface area contributed by atoms with Gasteiger partial charge in [-0.05, 0) is 36.4 Å². The van der Waals surface area contributed by atoms with E-state index in [1.54, 1.807) is 25.3 Å². The quantitative estimate of drug-likeness (QED) is 0.582. The van der Waals surface area contributed by atoms with Crippen LogP contribution in [0, 0.1) is 0 Å². The summed E-state index contributed by atoms with van der Waals surface area (Å²) in [4.78, 5) is 17.5. The fourth-order valence-electron chi connectivity index (χ4n) is 2.58. The zero-order valence-electron chi connectivity index (χ0n) is 15.0. The largest absolute Gasteiger partial charge is 0.383 e. The van der Waals surface area contributed by atoms with Crippen molar-refractivity contribution in [2.24, 2.45) is 4.99 Å². The number of carbonyl (C=O) groups excluding carboxylic acids is 1. The fourth-order valence-corrected chi connectivity index (χ4v) is 4.88. The molecule has 0 atom stereocenters. The van der Waals surface area contributed by atoms with Crippen molar-refractivity contribution in [3.8, 4) is 0 Å². The lowest BCUT2D eigenvalue weighted by Gasteiger charge is -2.05. The molecule has 0 unspecified atom stereocenters. The highest BCUT2D eigenvalue weighted by atomic mass is 35.5. The monoisotopic (exact) mass is 458 g/mol. The summed E-state index contributed by atoms with van der Waals surface area (Å²) in [7, 11) is -1.77. The third kappa shape index (κ3) is 4.47. The zero-order chi connectivity index (χ0) is 20.5. The van der Waals surface area contributed by atoms with Gasteiger partial charge in [-0.25, -0.2) is 8.42 Å². The highest BCUT2D eigenvalue weighted by molar-refractivity contribution is 7.90. The number of hydrogen-bond donors (Lipinski definition) is 0. The Morgan fingerprint density at radius 3 is 2.61 bits per heavy atom. The highest BCUT2D eigenvalue weighted by Gasteiger charge is 2.14. The molecule has 1 heterocycles. The molecule has 10 heteroatoms. The van der Waals surface area contributed by atoms with Crippen LogP contribution in [0.4, 0.5) is 0 Å². The second-order valence-corrected chi connectivity index (χ2v) is 9.84. The number of amides is 1. The maximum Gasteiger partial charge on any atom is 0.281 e. The number of benzene rings is 2. The lowest BCUT2D eigenvalue weighted by Crippen LogP contribution is -2.19. The summed E-state index contributed by atoms with van der Waals surface area (Å²) in [6.07, 6.45) is 1.15. The van der Waals surface area contributed by atoms with E-state index in [4.69, 9.17) is 27.9 Å². The summed E-state index contributed by atoms with van der Waals surface area (Å²) in [6.45, 7) is 0.859. The first-order valence-electron chi connectivity index (χ1n) is 8.07. The van der Waals surface area contributed by atoms with Crippen LogP contribution in [0.3, 0.4) is 0 Å². The van der Waals surface area contributed by atoms with Gasteiger partial charge in [0.25, 0.3) is 5.91 Å². The van der Waals surface area contributed by atoms with Crippen LogP contribution in [0.25, 0.3) is 10.2 Å². The number of sulfone groups is 1. The molecular formula is C18H16Cl2N2O4S2. The van der Waals surface area contributed by atoms with E-state index in [1.807, 2.05) is 4.57 Å². The lowest BCUT2D eigenvalue weighted by atomic mass is 10.2. The van der Waals surface area contributed by atoms with Gasteiger partial charge in [0.15, 0.2) is 14.6 Å². The number of hydrogen-bond acceptors (Lipinski definition) is 5. The predicted molar refractivity (Wildman–Crippen MR) is 111 cm³/mol. The van der Waals surface area contributed by atoms with Gasteiger partial charge in [-0.3, -0.25) is 4.79 Å². The molecule has 0 bridgehead atoms. The molecule has 1 amide bonds. The number of thiazole rings is 1. The first kappa shape index (κ1) is 21.0. The van der Waals surface area contributed by atoms with Crippen LogP contribution in [0.15, 0.2) is 46.3 Å².